The van der Waals surface area contributed by atoms with Crippen molar-refractivity contribution < 1.29 is 14.3 Å². The molecule has 0 spiro atoms. The molecule has 0 saturated heterocycles. The van der Waals surface area contributed by atoms with Crippen LogP contribution in [0.1, 0.15) is 12.8 Å². The van der Waals surface area contributed by atoms with Crippen molar-refractivity contribution in [3.8, 4) is 0 Å². The summed E-state index contributed by atoms with van der Waals surface area (Å²) in [5.41, 5.74) is 5.28. The molecule has 94 valence electrons. The van der Waals surface area contributed by atoms with Gasteiger partial charge in [0.1, 0.15) is 12.9 Å². The van der Waals surface area contributed by atoms with Gasteiger partial charge in [-0.05, 0) is 6.42 Å². The lowest BCUT2D eigenvalue weighted by atomic mass is 10.3. The highest BCUT2D eigenvalue weighted by atomic mass is 16.5. The molecule has 8 nitrogen and oxygen atoms in total. The number of esters is 1. The van der Waals surface area contributed by atoms with Gasteiger partial charge in [-0.1, -0.05) is 0 Å². The standard InChI is InChI=1S/C9H15N5O3/c1-11-7(15)3-2-4-17-8(16)5-14-6-12-9(10)13-14/h6H,2-5H2,1H3,(H2,10,13)(H,11,15). The largest absolute Gasteiger partial charge is 0.464 e. The van der Waals surface area contributed by atoms with Gasteiger partial charge in [0.25, 0.3) is 0 Å². The Morgan fingerprint density at radius 1 is 1.59 bits per heavy atom. The van der Waals surface area contributed by atoms with Crippen LogP contribution in [0.2, 0.25) is 0 Å². The number of ether oxygens (including phenoxy) is 1. The van der Waals surface area contributed by atoms with Crippen molar-refractivity contribution in [2.24, 2.45) is 0 Å². The number of aromatic nitrogens is 3. The van der Waals surface area contributed by atoms with Crippen LogP contribution >= 0.6 is 0 Å². The van der Waals surface area contributed by atoms with Gasteiger partial charge in [-0.25, -0.2) is 9.67 Å². The zero-order valence-corrected chi connectivity index (χ0v) is 9.55. The van der Waals surface area contributed by atoms with Crippen molar-refractivity contribution in [3.05, 3.63) is 6.33 Å². The summed E-state index contributed by atoms with van der Waals surface area (Å²) >= 11 is 0. The van der Waals surface area contributed by atoms with Crippen LogP contribution in [-0.2, 0) is 20.9 Å². The minimum absolute atomic E-state index is 0.0375. The maximum absolute atomic E-state index is 11.3. The first kappa shape index (κ1) is 12.9. The Bertz CT molecular complexity index is 390. The number of nitrogens with one attached hydrogen (secondary N) is 1. The third-order valence-corrected chi connectivity index (χ3v) is 1.94. The number of nitrogens with two attached hydrogens (primary N) is 1. The molecule has 0 aliphatic heterocycles. The van der Waals surface area contributed by atoms with E-state index in [0.717, 1.165) is 0 Å². The van der Waals surface area contributed by atoms with Crippen LogP contribution in [0.4, 0.5) is 5.95 Å². The summed E-state index contributed by atoms with van der Waals surface area (Å²) in [5.74, 6) is -0.408. The molecule has 0 atom stereocenters. The lowest BCUT2D eigenvalue weighted by Crippen LogP contribution is -2.19. The number of nitrogens with zero attached hydrogens (tertiary/aromatic N) is 3. The van der Waals surface area contributed by atoms with Gasteiger partial charge in [-0.3, -0.25) is 9.59 Å². The molecular formula is C9H15N5O3. The number of carbonyl (C=O) groups excluding carboxylic acids is 2. The van der Waals surface area contributed by atoms with E-state index < -0.39 is 5.97 Å². The second-order valence-electron chi connectivity index (χ2n) is 3.30. The van der Waals surface area contributed by atoms with E-state index in [9.17, 15) is 9.59 Å². The minimum atomic E-state index is -0.438. The smallest absolute Gasteiger partial charge is 0.327 e. The molecule has 0 fully saturated rings. The second-order valence-corrected chi connectivity index (χ2v) is 3.30. The van der Waals surface area contributed by atoms with Crippen molar-refractivity contribution in [1.29, 1.82) is 0 Å². The van der Waals surface area contributed by atoms with Crippen molar-refractivity contribution in [2.45, 2.75) is 19.4 Å². The first-order valence-corrected chi connectivity index (χ1v) is 5.13. The Kier molecular flexibility index (Phi) is 4.92. The highest BCUT2D eigenvalue weighted by Gasteiger charge is 2.06. The van der Waals surface area contributed by atoms with Gasteiger partial charge in [0.2, 0.25) is 11.9 Å². The predicted molar refractivity (Wildman–Crippen MR) is 58.7 cm³/mol. The lowest BCUT2D eigenvalue weighted by Gasteiger charge is -2.04. The quantitative estimate of drug-likeness (QED) is 0.484. The van der Waals surface area contributed by atoms with Crippen molar-refractivity contribution in [2.75, 3.05) is 19.4 Å². The number of nitrogen functional groups attached to an aromatic ring is 1. The molecule has 0 aliphatic rings. The molecule has 17 heavy (non-hydrogen) atoms. The zero-order valence-electron chi connectivity index (χ0n) is 9.55. The molecule has 1 rings (SSSR count). The fourth-order valence-electron chi connectivity index (χ4n) is 1.11. The SMILES string of the molecule is CNC(=O)CCCOC(=O)Cn1cnc(N)n1. The molecule has 0 radical (unpaired) electrons. The van der Waals surface area contributed by atoms with Gasteiger partial charge < -0.3 is 15.8 Å². The Labute approximate surface area is 98.1 Å². The summed E-state index contributed by atoms with van der Waals surface area (Å²) in [6.07, 6.45) is 2.17. The number of hydrogen-bond acceptors (Lipinski definition) is 6. The Hall–Kier alpha value is -2.12. The van der Waals surface area contributed by atoms with E-state index in [1.54, 1.807) is 7.05 Å². The van der Waals surface area contributed by atoms with Crippen LogP contribution in [0, 0.1) is 0 Å². The molecular weight excluding hydrogens is 226 g/mol. The average Bonchev–Trinajstić information content (AvgIpc) is 2.69. The summed E-state index contributed by atoms with van der Waals surface area (Å²) in [4.78, 5) is 25.8. The van der Waals surface area contributed by atoms with Gasteiger partial charge in [0.05, 0.1) is 6.61 Å². The highest BCUT2D eigenvalue weighted by Crippen LogP contribution is 1.94. The summed E-state index contributed by atoms with van der Waals surface area (Å²) in [7, 11) is 1.56. The number of amides is 1. The van der Waals surface area contributed by atoms with Gasteiger partial charge in [0.15, 0.2) is 0 Å². The molecule has 1 amide bonds. The fourth-order valence-corrected chi connectivity index (χ4v) is 1.11. The summed E-state index contributed by atoms with van der Waals surface area (Å²) in [6.45, 7) is 0.167. The van der Waals surface area contributed by atoms with Crippen LogP contribution < -0.4 is 11.1 Å². The molecule has 1 heterocycles. The van der Waals surface area contributed by atoms with Crippen LogP contribution in [0.15, 0.2) is 6.33 Å². The number of hydrogen-bond donors (Lipinski definition) is 2. The minimum Gasteiger partial charge on any atom is -0.464 e. The summed E-state index contributed by atoms with van der Waals surface area (Å²) in [6, 6.07) is 0. The third-order valence-electron chi connectivity index (χ3n) is 1.94. The predicted octanol–water partition coefficient (Wildman–Crippen LogP) is -1.07. The number of rotatable bonds is 6. The molecule has 0 aromatic carbocycles. The number of anilines is 1. The molecule has 0 aliphatic carbocycles. The van der Waals surface area contributed by atoms with Crippen molar-refractivity contribution >= 4 is 17.8 Å². The maximum atomic E-state index is 11.3. The Morgan fingerprint density at radius 3 is 2.94 bits per heavy atom. The molecule has 8 heteroatoms. The first-order chi connectivity index (χ1) is 8.11. The van der Waals surface area contributed by atoms with Gasteiger partial charge >= 0.3 is 5.97 Å². The average molecular weight is 241 g/mol. The van der Waals surface area contributed by atoms with Crippen LogP contribution in [0.25, 0.3) is 0 Å². The molecule has 0 unspecified atom stereocenters. The van der Waals surface area contributed by atoms with Gasteiger partial charge in [0, 0.05) is 13.5 Å². The maximum Gasteiger partial charge on any atom is 0.327 e. The summed E-state index contributed by atoms with van der Waals surface area (Å²) in [5, 5.41) is 6.22. The van der Waals surface area contributed by atoms with E-state index in [1.807, 2.05) is 0 Å². The fraction of sp³-hybridized carbons (Fsp3) is 0.556. The Balaban J connectivity index is 2.15. The third kappa shape index (κ3) is 4.96. The molecule has 0 saturated carbocycles. The van der Waals surface area contributed by atoms with E-state index in [4.69, 9.17) is 10.5 Å². The number of carbonyl (C=O) groups is 2. The first-order valence-electron chi connectivity index (χ1n) is 5.13. The van der Waals surface area contributed by atoms with E-state index in [2.05, 4.69) is 15.4 Å². The van der Waals surface area contributed by atoms with Gasteiger partial charge in [-0.15, -0.1) is 5.10 Å². The summed E-state index contributed by atoms with van der Waals surface area (Å²) < 4.78 is 6.19. The van der Waals surface area contributed by atoms with Gasteiger partial charge in [-0.2, -0.15) is 0 Å². The van der Waals surface area contributed by atoms with Crippen molar-refractivity contribution in [1.82, 2.24) is 20.1 Å². The van der Waals surface area contributed by atoms with Crippen LogP contribution in [0.3, 0.4) is 0 Å². The zero-order chi connectivity index (χ0) is 12.7. The monoisotopic (exact) mass is 241 g/mol. The van der Waals surface area contributed by atoms with E-state index in [-0.39, 0.29) is 25.0 Å². The Morgan fingerprint density at radius 2 is 2.35 bits per heavy atom. The van der Waals surface area contributed by atoms with E-state index in [0.29, 0.717) is 12.8 Å². The molecule has 0 bridgehead atoms. The van der Waals surface area contributed by atoms with Crippen molar-refractivity contribution in [3.63, 3.8) is 0 Å². The molecule has 1 aromatic heterocycles. The molecule has 1 aromatic rings. The van der Waals surface area contributed by atoms with E-state index >= 15 is 0 Å². The molecule has 3 N–H and O–H groups in total. The normalized spacial score (nSPS) is 9.94. The van der Waals surface area contributed by atoms with E-state index in [1.165, 1.54) is 11.0 Å². The topological polar surface area (TPSA) is 112 Å². The lowest BCUT2D eigenvalue weighted by molar-refractivity contribution is -0.145. The van der Waals surface area contributed by atoms with Crippen LogP contribution in [-0.4, -0.2) is 40.3 Å². The second kappa shape index (κ2) is 6.46. The highest BCUT2D eigenvalue weighted by molar-refractivity contribution is 5.75. The van der Waals surface area contributed by atoms with Crippen LogP contribution in [0.5, 0.6) is 0 Å².